The molecule has 1 fully saturated rings. The van der Waals surface area contributed by atoms with Crippen LogP contribution in [0.2, 0.25) is 0 Å². The Labute approximate surface area is 147 Å². The summed E-state index contributed by atoms with van der Waals surface area (Å²) in [5.41, 5.74) is 8.92. The van der Waals surface area contributed by atoms with Crippen LogP contribution < -0.4 is 16.0 Å². The van der Waals surface area contributed by atoms with E-state index in [1.807, 2.05) is 12.1 Å². The fraction of sp³-hybridized carbons (Fsp3) is 0.389. The quantitative estimate of drug-likeness (QED) is 0.882. The number of anilines is 3. The lowest BCUT2D eigenvalue weighted by Gasteiger charge is -2.36. The molecule has 1 amide bonds. The number of likely N-dealkylation sites (N-methyl/N-ethyl adjacent to an activating group) is 1. The highest BCUT2D eigenvalue weighted by molar-refractivity contribution is 6.05. The van der Waals surface area contributed by atoms with Crippen LogP contribution in [0.3, 0.4) is 0 Å². The average molecular weight is 340 g/mol. The molecular weight excluding hydrogens is 316 g/mol. The number of amides is 1. The van der Waals surface area contributed by atoms with E-state index in [1.165, 1.54) is 18.1 Å². The molecule has 3 rings (SSSR count). The van der Waals surface area contributed by atoms with Crippen LogP contribution in [0.15, 0.2) is 30.6 Å². The second-order valence-corrected chi connectivity index (χ2v) is 6.17. The van der Waals surface area contributed by atoms with E-state index in [4.69, 9.17) is 5.73 Å². The Bertz CT molecular complexity index is 755. The maximum absolute atomic E-state index is 12.3. The molecule has 1 aliphatic heterocycles. The normalized spacial score (nSPS) is 15.2. The molecule has 7 heteroatoms. The van der Waals surface area contributed by atoms with Gasteiger partial charge in [-0.15, -0.1) is 0 Å². The van der Waals surface area contributed by atoms with Crippen molar-refractivity contribution in [1.29, 1.82) is 0 Å². The maximum atomic E-state index is 12.3. The van der Waals surface area contributed by atoms with Crippen LogP contribution in [-0.4, -0.2) is 53.5 Å². The van der Waals surface area contributed by atoms with Gasteiger partial charge in [0.2, 0.25) is 0 Å². The van der Waals surface area contributed by atoms with Gasteiger partial charge in [-0.1, -0.05) is 6.92 Å². The molecule has 7 nitrogen and oxygen atoms in total. The second kappa shape index (κ2) is 7.48. The Morgan fingerprint density at radius 3 is 2.56 bits per heavy atom. The lowest BCUT2D eigenvalue weighted by atomic mass is 10.1. The number of rotatable bonds is 4. The Morgan fingerprint density at radius 1 is 1.20 bits per heavy atom. The highest BCUT2D eigenvalue weighted by Crippen LogP contribution is 2.25. The number of hydrogen-bond donors (Lipinski definition) is 2. The van der Waals surface area contributed by atoms with Crippen molar-refractivity contribution in [3.63, 3.8) is 0 Å². The first-order valence-corrected chi connectivity index (χ1v) is 8.54. The topological polar surface area (TPSA) is 87.4 Å². The van der Waals surface area contributed by atoms with Gasteiger partial charge in [0.25, 0.3) is 5.91 Å². The van der Waals surface area contributed by atoms with Crippen molar-refractivity contribution in [3.8, 4) is 0 Å². The number of benzene rings is 1. The van der Waals surface area contributed by atoms with E-state index in [0.717, 1.165) is 44.0 Å². The number of nitrogen functional groups attached to an aromatic ring is 1. The molecular formula is C18H24N6O. The van der Waals surface area contributed by atoms with Gasteiger partial charge in [0.1, 0.15) is 0 Å². The van der Waals surface area contributed by atoms with Gasteiger partial charge in [0, 0.05) is 49.9 Å². The van der Waals surface area contributed by atoms with Crippen LogP contribution in [0.5, 0.6) is 0 Å². The minimum Gasteiger partial charge on any atom is -0.382 e. The molecule has 1 aromatic carbocycles. The van der Waals surface area contributed by atoms with Crippen molar-refractivity contribution in [1.82, 2.24) is 14.9 Å². The van der Waals surface area contributed by atoms with Gasteiger partial charge in [-0.05, 0) is 37.2 Å². The number of aromatic nitrogens is 2. The largest absolute Gasteiger partial charge is 0.382 e. The zero-order chi connectivity index (χ0) is 17.8. The van der Waals surface area contributed by atoms with Crippen molar-refractivity contribution < 1.29 is 4.79 Å². The summed E-state index contributed by atoms with van der Waals surface area (Å²) in [5.74, 6) is -0.226. The summed E-state index contributed by atoms with van der Waals surface area (Å²) in [6.45, 7) is 9.58. The number of carbonyl (C=O) groups excluding carboxylic acids is 1. The molecule has 3 N–H and O–H groups in total. The lowest BCUT2D eigenvalue weighted by Crippen LogP contribution is -2.46. The second-order valence-electron chi connectivity index (χ2n) is 6.17. The van der Waals surface area contributed by atoms with E-state index in [0.29, 0.717) is 0 Å². The van der Waals surface area contributed by atoms with Gasteiger partial charge in [-0.2, -0.15) is 0 Å². The van der Waals surface area contributed by atoms with Gasteiger partial charge >= 0.3 is 0 Å². The molecule has 132 valence electrons. The summed E-state index contributed by atoms with van der Waals surface area (Å²) in [7, 11) is 0. The molecule has 0 saturated carbocycles. The molecule has 0 spiro atoms. The van der Waals surface area contributed by atoms with Crippen molar-refractivity contribution in [2.24, 2.45) is 0 Å². The molecule has 1 aromatic heterocycles. The first-order valence-electron chi connectivity index (χ1n) is 8.54. The average Bonchev–Trinajstić information content (AvgIpc) is 2.62. The smallest absolute Gasteiger partial charge is 0.278 e. The van der Waals surface area contributed by atoms with Gasteiger partial charge in [0.15, 0.2) is 11.5 Å². The summed E-state index contributed by atoms with van der Waals surface area (Å²) in [4.78, 5) is 25.0. The third-order valence-corrected chi connectivity index (χ3v) is 4.56. The van der Waals surface area contributed by atoms with Crippen LogP contribution in [0.1, 0.15) is 23.0 Å². The molecule has 0 atom stereocenters. The van der Waals surface area contributed by atoms with Gasteiger partial charge in [-0.3, -0.25) is 4.79 Å². The summed E-state index contributed by atoms with van der Waals surface area (Å²) < 4.78 is 0. The Balaban J connectivity index is 1.70. The number of nitrogens with two attached hydrogens (primary N) is 1. The van der Waals surface area contributed by atoms with Crippen LogP contribution in [-0.2, 0) is 0 Å². The molecule has 0 aliphatic carbocycles. The van der Waals surface area contributed by atoms with Crippen LogP contribution in [0.25, 0.3) is 0 Å². The van der Waals surface area contributed by atoms with Crippen molar-refractivity contribution in [2.75, 3.05) is 48.7 Å². The Hall–Kier alpha value is -2.67. The van der Waals surface area contributed by atoms with E-state index in [9.17, 15) is 4.79 Å². The fourth-order valence-electron chi connectivity index (χ4n) is 3.11. The van der Waals surface area contributed by atoms with E-state index < -0.39 is 0 Å². The number of hydrogen-bond acceptors (Lipinski definition) is 6. The highest BCUT2D eigenvalue weighted by Gasteiger charge is 2.18. The first kappa shape index (κ1) is 17.2. The van der Waals surface area contributed by atoms with Gasteiger partial charge < -0.3 is 20.9 Å². The standard InChI is InChI=1S/C18H24N6O/c1-3-23-8-10-24(11-9-23)15-5-4-14(12-13(15)2)22-18(25)16-17(19)21-7-6-20-16/h4-7,12H,3,8-11H2,1-2H3,(H2,19,21)(H,22,25). The third kappa shape index (κ3) is 3.88. The van der Waals surface area contributed by atoms with Crippen LogP contribution in [0, 0.1) is 6.92 Å². The monoisotopic (exact) mass is 340 g/mol. The number of piperazine rings is 1. The number of carbonyl (C=O) groups is 1. The van der Waals surface area contributed by atoms with Gasteiger partial charge in [0.05, 0.1) is 0 Å². The molecule has 0 bridgehead atoms. The number of nitrogens with zero attached hydrogens (tertiary/aromatic N) is 4. The summed E-state index contributed by atoms with van der Waals surface area (Å²) in [5, 5.41) is 2.84. The zero-order valence-corrected chi connectivity index (χ0v) is 14.7. The predicted molar refractivity (Wildman–Crippen MR) is 99.9 cm³/mol. The van der Waals surface area contributed by atoms with E-state index in [1.54, 1.807) is 0 Å². The zero-order valence-electron chi connectivity index (χ0n) is 14.7. The SMILES string of the molecule is CCN1CCN(c2ccc(NC(=O)c3nccnc3N)cc2C)CC1. The van der Waals surface area contributed by atoms with Gasteiger partial charge in [-0.25, -0.2) is 9.97 Å². The van der Waals surface area contributed by atoms with Crippen molar-refractivity contribution in [2.45, 2.75) is 13.8 Å². The molecule has 1 aliphatic rings. The minimum atomic E-state index is -0.352. The Morgan fingerprint density at radius 2 is 1.92 bits per heavy atom. The summed E-state index contributed by atoms with van der Waals surface area (Å²) >= 11 is 0. The molecule has 2 aromatic rings. The van der Waals surface area contributed by atoms with Crippen LogP contribution in [0.4, 0.5) is 17.2 Å². The predicted octanol–water partition coefficient (Wildman–Crippen LogP) is 1.76. The highest BCUT2D eigenvalue weighted by atomic mass is 16.1. The lowest BCUT2D eigenvalue weighted by molar-refractivity contribution is 0.102. The van der Waals surface area contributed by atoms with Crippen molar-refractivity contribution in [3.05, 3.63) is 41.9 Å². The van der Waals surface area contributed by atoms with Crippen molar-refractivity contribution >= 4 is 23.1 Å². The van der Waals surface area contributed by atoms with E-state index in [2.05, 4.69) is 45.0 Å². The van der Waals surface area contributed by atoms with E-state index >= 15 is 0 Å². The third-order valence-electron chi connectivity index (χ3n) is 4.56. The fourth-order valence-corrected chi connectivity index (χ4v) is 3.11. The van der Waals surface area contributed by atoms with E-state index in [-0.39, 0.29) is 17.4 Å². The van der Waals surface area contributed by atoms with Crippen LogP contribution >= 0.6 is 0 Å². The number of aryl methyl sites for hydroxylation is 1. The first-order chi connectivity index (χ1) is 12.1. The molecule has 2 heterocycles. The minimum absolute atomic E-state index is 0.127. The molecule has 25 heavy (non-hydrogen) atoms. The maximum Gasteiger partial charge on any atom is 0.278 e. The number of nitrogens with one attached hydrogen (secondary N) is 1. The molecule has 0 radical (unpaired) electrons. The molecule has 1 saturated heterocycles. The summed E-state index contributed by atoms with van der Waals surface area (Å²) in [6.07, 6.45) is 2.92. The summed E-state index contributed by atoms with van der Waals surface area (Å²) in [6, 6.07) is 5.96. The molecule has 0 unspecified atom stereocenters. The Kier molecular flexibility index (Phi) is 5.14.